The standard InChI is InChI=1S/C25H24BrN3O4/c1-2-33-20-10-6-17(7-11-20)22-21(23(30)18-4-8-19(26)9-5-18)24(31)25(32)29(22)14-3-13-28-15-12-27-16-28/h4-12,15-16,22,30H,2-3,13-14H2,1H3/b23-21+/t22-/m0/s1. The number of aliphatic hydroxyl groups excluding tert-OH is 1. The molecule has 33 heavy (non-hydrogen) atoms. The molecule has 1 aliphatic rings. The Hall–Kier alpha value is -3.39. The van der Waals surface area contributed by atoms with Crippen molar-refractivity contribution >= 4 is 33.4 Å². The molecule has 1 aromatic heterocycles. The maximum absolute atomic E-state index is 13.1. The Morgan fingerprint density at radius 1 is 1.09 bits per heavy atom. The van der Waals surface area contributed by atoms with Crippen LogP contribution in [0.3, 0.4) is 0 Å². The van der Waals surface area contributed by atoms with Crippen molar-refractivity contribution < 1.29 is 19.4 Å². The Kier molecular flexibility index (Phi) is 6.93. The number of carbonyl (C=O) groups is 2. The molecule has 1 saturated heterocycles. The molecule has 0 bridgehead atoms. The first-order chi connectivity index (χ1) is 16.0. The molecule has 4 rings (SSSR count). The summed E-state index contributed by atoms with van der Waals surface area (Å²) in [5.74, 6) is -0.779. The van der Waals surface area contributed by atoms with E-state index in [0.717, 1.165) is 10.0 Å². The molecule has 1 fully saturated rings. The summed E-state index contributed by atoms with van der Waals surface area (Å²) >= 11 is 3.38. The molecule has 2 aromatic carbocycles. The predicted octanol–water partition coefficient (Wildman–Crippen LogP) is 4.56. The Morgan fingerprint density at radius 3 is 2.45 bits per heavy atom. The van der Waals surface area contributed by atoms with Crippen molar-refractivity contribution in [2.75, 3.05) is 13.2 Å². The lowest BCUT2D eigenvalue weighted by Crippen LogP contribution is -2.31. The zero-order chi connectivity index (χ0) is 23.4. The third-order valence-electron chi connectivity index (χ3n) is 5.54. The number of likely N-dealkylation sites (tertiary alicyclic amines) is 1. The van der Waals surface area contributed by atoms with Gasteiger partial charge in [0.05, 0.1) is 24.5 Å². The molecule has 7 nitrogen and oxygen atoms in total. The van der Waals surface area contributed by atoms with Crippen molar-refractivity contribution in [3.05, 3.63) is 88.4 Å². The van der Waals surface area contributed by atoms with Gasteiger partial charge >= 0.3 is 0 Å². The molecule has 0 radical (unpaired) electrons. The van der Waals surface area contributed by atoms with Crippen LogP contribution in [0, 0.1) is 0 Å². The first-order valence-corrected chi connectivity index (χ1v) is 11.5. The van der Waals surface area contributed by atoms with Crippen LogP contribution in [0.15, 0.2) is 77.3 Å². The van der Waals surface area contributed by atoms with Gasteiger partial charge in [0.25, 0.3) is 11.7 Å². The van der Waals surface area contributed by atoms with Gasteiger partial charge in [-0.25, -0.2) is 4.98 Å². The number of halogens is 1. The predicted molar refractivity (Wildman–Crippen MR) is 128 cm³/mol. The van der Waals surface area contributed by atoms with E-state index >= 15 is 0 Å². The van der Waals surface area contributed by atoms with E-state index in [-0.39, 0.29) is 11.3 Å². The van der Waals surface area contributed by atoms with E-state index in [9.17, 15) is 14.7 Å². The summed E-state index contributed by atoms with van der Waals surface area (Å²) in [5.41, 5.74) is 1.30. The van der Waals surface area contributed by atoms with Crippen LogP contribution in [-0.2, 0) is 16.1 Å². The fourth-order valence-electron chi connectivity index (χ4n) is 3.98. The van der Waals surface area contributed by atoms with Crippen molar-refractivity contribution in [2.24, 2.45) is 0 Å². The summed E-state index contributed by atoms with van der Waals surface area (Å²) < 4.78 is 8.30. The van der Waals surface area contributed by atoms with E-state index in [4.69, 9.17) is 4.74 Å². The number of Topliss-reactive ketones (excluding diaryl/α,β-unsaturated/α-hetero) is 1. The second kappa shape index (κ2) is 10.0. The maximum Gasteiger partial charge on any atom is 0.295 e. The van der Waals surface area contributed by atoms with E-state index in [1.807, 2.05) is 42.0 Å². The lowest BCUT2D eigenvalue weighted by atomic mass is 9.95. The lowest BCUT2D eigenvalue weighted by molar-refractivity contribution is -0.139. The molecule has 8 heteroatoms. The smallest absolute Gasteiger partial charge is 0.295 e. The molecular weight excluding hydrogens is 486 g/mol. The Bertz CT molecular complexity index is 1160. The normalized spacial score (nSPS) is 17.5. The van der Waals surface area contributed by atoms with Gasteiger partial charge in [0.15, 0.2) is 0 Å². The minimum absolute atomic E-state index is 0.0918. The van der Waals surface area contributed by atoms with E-state index in [1.54, 1.807) is 41.7 Å². The summed E-state index contributed by atoms with van der Waals surface area (Å²) in [6.07, 6.45) is 5.90. The quantitative estimate of drug-likeness (QED) is 0.273. The van der Waals surface area contributed by atoms with E-state index < -0.39 is 17.7 Å². The monoisotopic (exact) mass is 509 g/mol. The number of nitrogens with zero attached hydrogens (tertiary/aromatic N) is 3. The van der Waals surface area contributed by atoms with Gasteiger partial charge in [-0.3, -0.25) is 9.59 Å². The van der Waals surface area contributed by atoms with E-state index in [2.05, 4.69) is 20.9 Å². The average molecular weight is 510 g/mol. The molecule has 1 amide bonds. The molecule has 170 valence electrons. The van der Waals surface area contributed by atoms with Gasteiger partial charge in [0.2, 0.25) is 0 Å². The number of aromatic nitrogens is 2. The number of ether oxygens (including phenoxy) is 1. The number of benzene rings is 2. The van der Waals surface area contributed by atoms with Gasteiger partial charge < -0.3 is 19.3 Å². The minimum atomic E-state index is -0.688. The van der Waals surface area contributed by atoms with Crippen LogP contribution in [0.5, 0.6) is 5.75 Å². The third-order valence-corrected chi connectivity index (χ3v) is 6.07. The summed E-state index contributed by atoms with van der Waals surface area (Å²) in [4.78, 5) is 31.7. The fraction of sp³-hybridized carbons (Fsp3) is 0.240. The molecule has 1 aliphatic heterocycles. The first kappa shape index (κ1) is 22.8. The van der Waals surface area contributed by atoms with E-state index in [1.165, 1.54) is 0 Å². The number of imidazole rings is 1. The topological polar surface area (TPSA) is 84.7 Å². The van der Waals surface area contributed by atoms with Gasteiger partial charge in [-0.15, -0.1) is 0 Å². The van der Waals surface area contributed by atoms with Crippen molar-refractivity contribution in [1.82, 2.24) is 14.5 Å². The number of aryl methyl sites for hydroxylation is 1. The minimum Gasteiger partial charge on any atom is -0.507 e. The Balaban J connectivity index is 1.71. The summed E-state index contributed by atoms with van der Waals surface area (Å²) in [6.45, 7) is 3.46. The first-order valence-electron chi connectivity index (χ1n) is 10.7. The molecule has 3 aromatic rings. The highest BCUT2D eigenvalue weighted by Gasteiger charge is 2.45. The van der Waals surface area contributed by atoms with Crippen molar-refractivity contribution in [1.29, 1.82) is 0 Å². The Labute approximate surface area is 200 Å². The van der Waals surface area contributed by atoms with Crippen LogP contribution < -0.4 is 4.74 Å². The number of hydrogen-bond acceptors (Lipinski definition) is 5. The Morgan fingerprint density at radius 2 is 1.82 bits per heavy atom. The lowest BCUT2D eigenvalue weighted by Gasteiger charge is -2.25. The number of rotatable bonds is 8. The number of amides is 1. The summed E-state index contributed by atoms with van der Waals surface area (Å²) in [5, 5.41) is 11.1. The highest BCUT2D eigenvalue weighted by molar-refractivity contribution is 9.10. The molecule has 0 unspecified atom stereocenters. The number of aliphatic hydroxyl groups is 1. The van der Waals surface area contributed by atoms with Crippen molar-refractivity contribution in [2.45, 2.75) is 25.9 Å². The summed E-state index contributed by atoms with van der Waals surface area (Å²) in [7, 11) is 0. The second-order valence-electron chi connectivity index (χ2n) is 7.66. The van der Waals surface area contributed by atoms with Gasteiger partial charge in [-0.05, 0) is 43.2 Å². The van der Waals surface area contributed by atoms with Crippen LogP contribution in [-0.4, -0.2) is 44.4 Å². The van der Waals surface area contributed by atoms with Crippen LogP contribution in [0.1, 0.15) is 30.5 Å². The zero-order valence-electron chi connectivity index (χ0n) is 18.1. The molecule has 0 spiro atoms. The SMILES string of the molecule is CCOc1ccc([C@H]2/C(=C(\O)c3ccc(Br)cc3)C(=O)C(=O)N2CCCn2ccnc2)cc1. The van der Waals surface area contributed by atoms with Crippen LogP contribution in [0.4, 0.5) is 0 Å². The van der Waals surface area contributed by atoms with Gasteiger partial charge in [-0.2, -0.15) is 0 Å². The van der Waals surface area contributed by atoms with Crippen LogP contribution in [0.25, 0.3) is 5.76 Å². The summed E-state index contributed by atoms with van der Waals surface area (Å²) in [6, 6.07) is 13.6. The second-order valence-corrected chi connectivity index (χ2v) is 8.57. The highest BCUT2D eigenvalue weighted by Crippen LogP contribution is 2.40. The largest absolute Gasteiger partial charge is 0.507 e. The number of carbonyl (C=O) groups excluding carboxylic acids is 2. The molecule has 0 aliphatic carbocycles. The molecular formula is C25H24BrN3O4. The molecule has 1 N–H and O–H groups in total. The molecule has 1 atom stereocenters. The third kappa shape index (κ3) is 4.85. The van der Waals surface area contributed by atoms with Gasteiger partial charge in [0.1, 0.15) is 11.5 Å². The number of hydrogen-bond donors (Lipinski definition) is 1. The average Bonchev–Trinajstić information content (AvgIpc) is 3.42. The molecule has 0 saturated carbocycles. The van der Waals surface area contributed by atoms with Crippen molar-refractivity contribution in [3.8, 4) is 5.75 Å². The van der Waals surface area contributed by atoms with Crippen LogP contribution in [0.2, 0.25) is 0 Å². The van der Waals surface area contributed by atoms with Gasteiger partial charge in [-0.1, -0.05) is 40.2 Å². The van der Waals surface area contributed by atoms with Crippen LogP contribution >= 0.6 is 15.9 Å². The maximum atomic E-state index is 13.1. The van der Waals surface area contributed by atoms with Gasteiger partial charge in [0, 0.05) is 35.5 Å². The fourth-order valence-corrected chi connectivity index (χ4v) is 4.24. The van der Waals surface area contributed by atoms with Crippen molar-refractivity contribution in [3.63, 3.8) is 0 Å². The highest BCUT2D eigenvalue weighted by atomic mass is 79.9. The zero-order valence-corrected chi connectivity index (χ0v) is 19.7. The molecule has 2 heterocycles. The number of ketones is 1. The van der Waals surface area contributed by atoms with E-state index in [0.29, 0.717) is 37.4 Å².